The summed E-state index contributed by atoms with van der Waals surface area (Å²) in [5, 5.41) is 17.6. The Balaban J connectivity index is 1.64. The van der Waals surface area contributed by atoms with E-state index in [0.717, 1.165) is 14.3 Å². The van der Waals surface area contributed by atoms with Gasteiger partial charge in [-0.2, -0.15) is 0 Å². The van der Waals surface area contributed by atoms with E-state index in [9.17, 15) is 14.7 Å². The van der Waals surface area contributed by atoms with Crippen LogP contribution >= 0.6 is 34.2 Å². The van der Waals surface area contributed by atoms with Gasteiger partial charge in [0.05, 0.1) is 5.56 Å². The van der Waals surface area contributed by atoms with E-state index in [2.05, 4.69) is 33.3 Å². The monoisotopic (exact) mass is 569 g/mol. The van der Waals surface area contributed by atoms with Crippen LogP contribution in [0.5, 0.6) is 5.75 Å². The number of benzene rings is 4. The summed E-state index contributed by atoms with van der Waals surface area (Å²) in [5.74, 6) is -0.846. The number of phenols is 1. The number of anilines is 1. The molecule has 8 heteroatoms. The number of halogens is 2. The minimum Gasteiger partial charge on any atom is -0.507 e. The zero-order valence-electron chi connectivity index (χ0n) is 17.0. The van der Waals surface area contributed by atoms with Crippen LogP contribution in [0.15, 0.2) is 78.9 Å². The molecule has 5 rings (SSSR count). The Morgan fingerprint density at radius 1 is 1.03 bits per heavy atom. The van der Waals surface area contributed by atoms with Gasteiger partial charge in [-0.25, -0.2) is 5.01 Å². The number of hydrogen-bond acceptors (Lipinski definition) is 4. The molecule has 1 atom stereocenters. The van der Waals surface area contributed by atoms with Crippen molar-refractivity contribution in [3.05, 3.63) is 104 Å². The number of nitrogens with zero attached hydrogens (tertiary/aromatic N) is 1. The quantitative estimate of drug-likeness (QED) is 0.276. The number of hydrogen-bond donors (Lipinski definition) is 3. The van der Waals surface area contributed by atoms with Gasteiger partial charge in [0.25, 0.3) is 11.8 Å². The van der Waals surface area contributed by atoms with Crippen molar-refractivity contribution in [2.24, 2.45) is 0 Å². The Bertz CT molecular complexity index is 1410. The first kappa shape index (κ1) is 21.5. The highest BCUT2D eigenvalue weighted by Crippen LogP contribution is 2.39. The van der Waals surface area contributed by atoms with Crippen LogP contribution in [0.25, 0.3) is 10.8 Å². The smallest absolute Gasteiger partial charge is 0.276 e. The van der Waals surface area contributed by atoms with Gasteiger partial charge in [0, 0.05) is 25.4 Å². The maximum Gasteiger partial charge on any atom is 0.276 e. The first-order valence-corrected chi connectivity index (χ1v) is 11.5. The van der Waals surface area contributed by atoms with Crippen molar-refractivity contribution in [1.82, 2.24) is 10.4 Å². The molecule has 3 N–H and O–H groups in total. The zero-order valence-corrected chi connectivity index (χ0v) is 20.0. The van der Waals surface area contributed by atoms with E-state index >= 15 is 0 Å². The second-order valence-corrected chi connectivity index (χ2v) is 9.26. The van der Waals surface area contributed by atoms with Gasteiger partial charge >= 0.3 is 0 Å². The first-order valence-electron chi connectivity index (χ1n) is 10.1. The van der Waals surface area contributed by atoms with Crippen LogP contribution in [0.3, 0.4) is 0 Å². The first-order chi connectivity index (χ1) is 15.9. The number of carbonyl (C=O) groups is 2. The molecule has 6 nitrogen and oxygen atoms in total. The molecule has 0 fully saturated rings. The predicted octanol–water partition coefficient (Wildman–Crippen LogP) is 5.71. The summed E-state index contributed by atoms with van der Waals surface area (Å²) in [6.07, 6.45) is -0.840. The minimum absolute atomic E-state index is 0.0127. The number of nitrogens with one attached hydrogen (secondary N) is 2. The fourth-order valence-corrected chi connectivity index (χ4v) is 4.56. The number of phenolic OH excluding ortho intramolecular Hbond substituents is 1. The second-order valence-electron chi connectivity index (χ2n) is 7.58. The Labute approximate surface area is 208 Å². The minimum atomic E-state index is -0.840. The highest BCUT2D eigenvalue weighted by molar-refractivity contribution is 14.1. The van der Waals surface area contributed by atoms with Gasteiger partial charge < -0.3 is 10.4 Å². The summed E-state index contributed by atoms with van der Waals surface area (Å²) >= 11 is 8.08. The SMILES string of the molecule is O=C(NN1C(=O)c2cc(I)ccc2N[C@H]1c1c(O)ccc2ccccc12)c1ccc(Cl)cc1. The molecule has 0 aromatic heterocycles. The molecule has 1 aliphatic rings. The topological polar surface area (TPSA) is 81.7 Å². The number of hydrazine groups is 1. The van der Waals surface area contributed by atoms with E-state index in [1.165, 1.54) is 5.01 Å². The zero-order chi connectivity index (χ0) is 23.1. The number of amides is 2. The average molecular weight is 570 g/mol. The van der Waals surface area contributed by atoms with Crippen molar-refractivity contribution in [3.63, 3.8) is 0 Å². The molecule has 0 saturated heterocycles. The van der Waals surface area contributed by atoms with Crippen LogP contribution in [0.4, 0.5) is 5.69 Å². The summed E-state index contributed by atoms with van der Waals surface area (Å²) in [7, 11) is 0. The molecular formula is C25H17ClIN3O3. The molecule has 0 radical (unpaired) electrons. The number of rotatable bonds is 3. The summed E-state index contributed by atoms with van der Waals surface area (Å²) in [6, 6.07) is 22.8. The summed E-state index contributed by atoms with van der Waals surface area (Å²) < 4.78 is 0.886. The van der Waals surface area contributed by atoms with Crippen molar-refractivity contribution < 1.29 is 14.7 Å². The lowest BCUT2D eigenvalue weighted by atomic mass is 9.98. The lowest BCUT2D eigenvalue weighted by molar-refractivity contribution is 0.0490. The summed E-state index contributed by atoms with van der Waals surface area (Å²) in [4.78, 5) is 26.6. The lowest BCUT2D eigenvalue weighted by Crippen LogP contribution is -2.53. The normalized spacial score (nSPS) is 15.2. The number of aromatic hydroxyl groups is 1. The maximum atomic E-state index is 13.6. The van der Waals surface area contributed by atoms with Gasteiger partial charge in [-0.15, -0.1) is 0 Å². The van der Waals surface area contributed by atoms with Crippen LogP contribution in [-0.2, 0) is 0 Å². The van der Waals surface area contributed by atoms with Gasteiger partial charge in [-0.3, -0.25) is 15.0 Å². The lowest BCUT2D eigenvalue weighted by Gasteiger charge is -2.38. The predicted molar refractivity (Wildman–Crippen MR) is 136 cm³/mol. The average Bonchev–Trinajstić information content (AvgIpc) is 2.82. The van der Waals surface area contributed by atoms with Gasteiger partial charge in [-0.05, 0) is 81.9 Å². The van der Waals surface area contributed by atoms with Crippen molar-refractivity contribution in [2.75, 3.05) is 5.32 Å². The Morgan fingerprint density at radius 3 is 2.58 bits per heavy atom. The van der Waals surface area contributed by atoms with E-state index in [0.29, 0.717) is 27.4 Å². The van der Waals surface area contributed by atoms with E-state index in [1.807, 2.05) is 42.5 Å². The summed E-state index contributed by atoms with van der Waals surface area (Å²) in [6.45, 7) is 0. The largest absolute Gasteiger partial charge is 0.507 e. The van der Waals surface area contributed by atoms with Crippen LogP contribution in [0.2, 0.25) is 5.02 Å². The second kappa shape index (κ2) is 8.57. The third-order valence-electron chi connectivity index (χ3n) is 5.53. The van der Waals surface area contributed by atoms with Gasteiger partial charge in [0.1, 0.15) is 5.75 Å². The number of carbonyl (C=O) groups excluding carboxylic acids is 2. The molecule has 33 heavy (non-hydrogen) atoms. The Morgan fingerprint density at radius 2 is 1.79 bits per heavy atom. The van der Waals surface area contributed by atoms with Crippen LogP contribution in [-0.4, -0.2) is 21.9 Å². The molecule has 0 saturated carbocycles. The van der Waals surface area contributed by atoms with Gasteiger partial charge in [0.15, 0.2) is 6.17 Å². The molecule has 0 bridgehead atoms. The summed E-state index contributed by atoms with van der Waals surface area (Å²) in [5.41, 5.74) is 4.61. The van der Waals surface area contributed by atoms with Crippen molar-refractivity contribution in [2.45, 2.75) is 6.17 Å². The molecule has 0 aliphatic carbocycles. The number of fused-ring (bicyclic) bond motifs is 2. The third-order valence-corrected chi connectivity index (χ3v) is 6.45. The standard InChI is InChI=1S/C25H17ClIN3O3/c26-16-8-5-15(6-9-16)24(32)29-30-23(28-20-11-10-17(27)13-19(20)25(30)33)22-18-4-2-1-3-14(18)7-12-21(22)31/h1-13,23,28,31H,(H,29,32)/t23-/m1/s1. The van der Waals surface area contributed by atoms with E-state index in [4.69, 9.17) is 11.6 Å². The van der Waals surface area contributed by atoms with Crippen molar-refractivity contribution in [3.8, 4) is 5.75 Å². The Hall–Kier alpha value is -3.30. The molecule has 4 aromatic carbocycles. The van der Waals surface area contributed by atoms with Crippen molar-refractivity contribution in [1.29, 1.82) is 0 Å². The van der Waals surface area contributed by atoms with Gasteiger partial charge in [-0.1, -0.05) is 41.9 Å². The molecule has 2 amide bonds. The molecule has 1 aliphatic heterocycles. The molecule has 164 valence electrons. The van der Waals surface area contributed by atoms with Crippen molar-refractivity contribution >= 4 is 62.5 Å². The van der Waals surface area contributed by atoms with Crippen LogP contribution in [0, 0.1) is 3.57 Å². The van der Waals surface area contributed by atoms with Gasteiger partial charge in [0.2, 0.25) is 0 Å². The highest BCUT2D eigenvalue weighted by atomic mass is 127. The molecule has 0 unspecified atom stereocenters. The van der Waals surface area contributed by atoms with E-state index in [-0.39, 0.29) is 11.7 Å². The fraction of sp³-hybridized carbons (Fsp3) is 0.0400. The molecule has 4 aromatic rings. The Kier molecular flexibility index (Phi) is 5.59. The molecule has 1 heterocycles. The molecular weight excluding hydrogens is 553 g/mol. The highest BCUT2D eigenvalue weighted by Gasteiger charge is 2.37. The van der Waals surface area contributed by atoms with E-state index < -0.39 is 12.1 Å². The maximum absolute atomic E-state index is 13.6. The third kappa shape index (κ3) is 3.98. The fourth-order valence-electron chi connectivity index (χ4n) is 3.94. The van der Waals surface area contributed by atoms with E-state index in [1.54, 1.807) is 36.4 Å². The van der Waals surface area contributed by atoms with Crippen LogP contribution < -0.4 is 10.7 Å². The molecule has 0 spiro atoms. The van der Waals surface area contributed by atoms with Crippen LogP contribution in [0.1, 0.15) is 32.4 Å².